The summed E-state index contributed by atoms with van der Waals surface area (Å²) in [4.78, 5) is 29.8. The Balaban J connectivity index is 1.68. The zero-order valence-corrected chi connectivity index (χ0v) is 17.1. The number of carbonyl (C=O) groups excluding carboxylic acids is 2. The maximum Gasteiger partial charge on any atom is 0.335 e. The van der Waals surface area contributed by atoms with Crippen molar-refractivity contribution in [1.82, 2.24) is 4.90 Å². The summed E-state index contributed by atoms with van der Waals surface area (Å²) < 4.78 is 12.2. The van der Waals surface area contributed by atoms with E-state index in [9.17, 15) is 9.59 Å². The first-order valence-electron chi connectivity index (χ1n) is 9.24. The van der Waals surface area contributed by atoms with Crippen molar-refractivity contribution in [3.05, 3.63) is 82.7 Å². The highest BCUT2D eigenvalue weighted by molar-refractivity contribution is 9.10. The molecule has 3 amide bonds. The Morgan fingerprint density at radius 2 is 1.79 bits per heavy atom. The first kappa shape index (κ1) is 18.0. The van der Waals surface area contributed by atoms with Crippen LogP contribution >= 0.6 is 15.9 Å². The zero-order chi connectivity index (χ0) is 20.2. The van der Waals surface area contributed by atoms with E-state index in [1.54, 1.807) is 17.0 Å². The molecule has 2 bridgehead atoms. The van der Waals surface area contributed by atoms with Crippen LogP contribution in [0.4, 0.5) is 10.5 Å². The van der Waals surface area contributed by atoms with Crippen LogP contribution in [0.25, 0.3) is 0 Å². The van der Waals surface area contributed by atoms with Gasteiger partial charge in [-0.15, -0.1) is 0 Å². The summed E-state index contributed by atoms with van der Waals surface area (Å²) in [7, 11) is 0. The van der Waals surface area contributed by atoms with Crippen LogP contribution in [0.3, 0.4) is 0 Å². The molecule has 0 spiro atoms. The lowest BCUT2D eigenvalue weighted by Crippen LogP contribution is -2.67. The lowest BCUT2D eigenvalue weighted by molar-refractivity contribution is 0.00170. The third-order valence-corrected chi connectivity index (χ3v) is 5.81. The number of benzene rings is 2. The predicted molar refractivity (Wildman–Crippen MR) is 110 cm³/mol. The Morgan fingerprint density at radius 1 is 1.07 bits per heavy atom. The Bertz CT molecular complexity index is 1110. The molecule has 5 rings (SSSR count). The number of imide groups is 1. The molecular weight excluding hydrogens is 436 g/mol. The van der Waals surface area contributed by atoms with E-state index in [2.05, 4.69) is 15.9 Å². The fraction of sp³-hybridized carbons (Fsp3) is 0.182. The Morgan fingerprint density at radius 3 is 2.52 bits per heavy atom. The molecule has 1 aromatic heterocycles. The summed E-state index contributed by atoms with van der Waals surface area (Å²) in [6.45, 7) is 1.88. The van der Waals surface area contributed by atoms with Crippen molar-refractivity contribution >= 4 is 33.6 Å². The maximum absolute atomic E-state index is 13.7. The molecule has 1 fully saturated rings. The van der Waals surface area contributed by atoms with E-state index in [0.717, 1.165) is 5.56 Å². The van der Waals surface area contributed by atoms with Gasteiger partial charge in [0.05, 0.1) is 6.04 Å². The molecule has 3 heterocycles. The van der Waals surface area contributed by atoms with Gasteiger partial charge in [0.25, 0.3) is 5.91 Å². The first-order chi connectivity index (χ1) is 14.0. The Hall–Kier alpha value is -3.06. The number of carbonyl (C=O) groups is 2. The first-order valence-corrected chi connectivity index (χ1v) is 10.0. The molecule has 3 aromatic rings. The number of fused-ring (bicyclic) bond motifs is 4. The second-order valence-corrected chi connectivity index (χ2v) is 8.05. The molecule has 2 aromatic carbocycles. The number of nitrogens with zero attached hydrogens (tertiary/aromatic N) is 2. The Labute approximate surface area is 175 Å². The van der Waals surface area contributed by atoms with Crippen LogP contribution in [0.15, 0.2) is 75.8 Å². The number of hydrogen-bond acceptors (Lipinski definition) is 4. The van der Waals surface area contributed by atoms with Crippen molar-refractivity contribution in [2.45, 2.75) is 25.1 Å². The predicted octanol–water partition coefficient (Wildman–Crippen LogP) is 5.36. The van der Waals surface area contributed by atoms with E-state index in [1.807, 2.05) is 61.5 Å². The number of rotatable bonds is 2. The number of ether oxygens (including phenoxy) is 1. The normalized spacial score (nSPS) is 22.8. The largest absolute Gasteiger partial charge is 0.467 e. The number of hydrogen-bond donors (Lipinski definition) is 0. The topological polar surface area (TPSA) is 63.0 Å². The van der Waals surface area contributed by atoms with Crippen LogP contribution in [0.5, 0.6) is 5.75 Å². The minimum Gasteiger partial charge on any atom is -0.467 e. The van der Waals surface area contributed by atoms with Gasteiger partial charge in [-0.2, -0.15) is 0 Å². The quantitative estimate of drug-likeness (QED) is 0.524. The van der Waals surface area contributed by atoms with Gasteiger partial charge < -0.3 is 9.15 Å². The van der Waals surface area contributed by atoms with Crippen LogP contribution in [-0.4, -0.2) is 22.6 Å². The van der Waals surface area contributed by atoms with Gasteiger partial charge in [-0.1, -0.05) is 36.4 Å². The van der Waals surface area contributed by atoms with Gasteiger partial charge in [0, 0.05) is 17.7 Å². The standard InChI is InChI=1S/C22H17BrN2O4/c1-22-13-16(15-9-5-6-10-17(15)29-22)24(20(26)18-11-12-19(23)28-18)21(27)25(22)14-7-3-2-4-8-14/h2-12,16H,13H2,1H3/t16-,22-/m0/s1. The van der Waals surface area contributed by atoms with Crippen molar-refractivity contribution < 1.29 is 18.7 Å². The maximum atomic E-state index is 13.7. The Kier molecular flexibility index (Phi) is 4.03. The van der Waals surface area contributed by atoms with E-state index in [-0.39, 0.29) is 5.76 Å². The second kappa shape index (κ2) is 6.49. The van der Waals surface area contributed by atoms with Crippen molar-refractivity contribution in [3.8, 4) is 5.75 Å². The molecule has 0 N–H and O–H groups in total. The number of anilines is 1. The van der Waals surface area contributed by atoms with E-state index < -0.39 is 23.7 Å². The fourth-order valence-electron chi connectivity index (χ4n) is 4.14. The monoisotopic (exact) mass is 452 g/mol. The van der Waals surface area contributed by atoms with E-state index in [1.165, 1.54) is 4.90 Å². The highest BCUT2D eigenvalue weighted by Gasteiger charge is 2.55. The molecule has 2 aliphatic rings. The smallest absolute Gasteiger partial charge is 0.335 e. The molecule has 146 valence electrons. The van der Waals surface area contributed by atoms with Crippen molar-refractivity contribution in [2.24, 2.45) is 0 Å². The number of amides is 3. The van der Waals surface area contributed by atoms with Crippen molar-refractivity contribution in [1.29, 1.82) is 0 Å². The average Bonchev–Trinajstić information content (AvgIpc) is 3.14. The highest BCUT2D eigenvalue weighted by Crippen LogP contribution is 2.49. The summed E-state index contributed by atoms with van der Waals surface area (Å²) in [6, 6.07) is 19.1. The van der Waals surface area contributed by atoms with Crippen molar-refractivity contribution in [2.75, 3.05) is 4.90 Å². The van der Waals surface area contributed by atoms with Crippen LogP contribution in [0, 0.1) is 0 Å². The lowest BCUT2D eigenvalue weighted by Gasteiger charge is -2.53. The zero-order valence-electron chi connectivity index (χ0n) is 15.5. The molecule has 29 heavy (non-hydrogen) atoms. The molecule has 1 saturated heterocycles. The third kappa shape index (κ3) is 2.76. The molecule has 2 atom stereocenters. The van der Waals surface area contributed by atoms with Crippen molar-refractivity contribution in [3.63, 3.8) is 0 Å². The second-order valence-electron chi connectivity index (χ2n) is 7.27. The van der Waals surface area contributed by atoms with Crippen LogP contribution in [0.1, 0.15) is 35.5 Å². The van der Waals surface area contributed by atoms with E-state index >= 15 is 0 Å². The molecular formula is C22H17BrN2O4. The molecule has 0 saturated carbocycles. The number of urea groups is 1. The van der Waals surface area contributed by atoms with Gasteiger partial charge in [0.15, 0.2) is 16.2 Å². The molecule has 0 radical (unpaired) electrons. The number of para-hydroxylation sites is 2. The van der Waals surface area contributed by atoms with Gasteiger partial charge >= 0.3 is 6.03 Å². The van der Waals surface area contributed by atoms with Crippen LogP contribution < -0.4 is 9.64 Å². The van der Waals surface area contributed by atoms with E-state index in [0.29, 0.717) is 22.5 Å². The SMILES string of the molecule is C[C@@]12C[C@@H](c3ccccc3O1)N(C(=O)c1ccc(Br)o1)C(=O)N2c1ccccc1. The minimum atomic E-state index is -0.919. The summed E-state index contributed by atoms with van der Waals surface area (Å²) in [6.07, 6.45) is 0.443. The summed E-state index contributed by atoms with van der Waals surface area (Å²) >= 11 is 3.22. The van der Waals surface area contributed by atoms with Gasteiger partial charge in [-0.3, -0.25) is 9.69 Å². The summed E-state index contributed by atoms with van der Waals surface area (Å²) in [5.74, 6) is 0.286. The number of halogens is 1. The van der Waals surface area contributed by atoms with E-state index in [4.69, 9.17) is 9.15 Å². The molecule has 0 unspecified atom stereocenters. The summed E-state index contributed by atoms with van der Waals surface area (Å²) in [5.41, 5.74) is 0.555. The third-order valence-electron chi connectivity index (χ3n) is 5.38. The summed E-state index contributed by atoms with van der Waals surface area (Å²) in [5, 5.41) is 0. The molecule has 6 nitrogen and oxygen atoms in total. The minimum absolute atomic E-state index is 0.103. The highest BCUT2D eigenvalue weighted by atomic mass is 79.9. The van der Waals surface area contributed by atoms with Gasteiger partial charge in [-0.25, -0.2) is 9.69 Å². The molecule has 0 aliphatic carbocycles. The van der Waals surface area contributed by atoms with Gasteiger partial charge in [0.1, 0.15) is 5.75 Å². The fourth-order valence-corrected chi connectivity index (χ4v) is 4.45. The number of furan rings is 1. The molecule has 7 heteroatoms. The van der Waals surface area contributed by atoms with Gasteiger partial charge in [0.2, 0.25) is 0 Å². The lowest BCUT2D eigenvalue weighted by atomic mass is 9.88. The van der Waals surface area contributed by atoms with Crippen LogP contribution in [0.2, 0.25) is 0 Å². The molecule has 2 aliphatic heterocycles. The average molecular weight is 453 g/mol. The van der Waals surface area contributed by atoms with Gasteiger partial charge in [-0.05, 0) is 53.2 Å². The van der Waals surface area contributed by atoms with Crippen LogP contribution in [-0.2, 0) is 0 Å².